The zero-order chi connectivity index (χ0) is 13.7. The first-order valence-electron chi connectivity index (χ1n) is 6.64. The Bertz CT molecular complexity index is 380. The molecule has 1 saturated heterocycles. The summed E-state index contributed by atoms with van der Waals surface area (Å²) < 4.78 is 17.2. The molecule has 4 heteroatoms. The maximum absolute atomic E-state index is 5.89. The second kappa shape index (κ2) is 6.71. The minimum atomic E-state index is -0.538. The van der Waals surface area contributed by atoms with Crippen molar-refractivity contribution in [2.75, 3.05) is 12.5 Å². The molecule has 0 radical (unpaired) electrons. The van der Waals surface area contributed by atoms with Crippen LogP contribution >= 0.6 is 11.6 Å². The van der Waals surface area contributed by atoms with Crippen LogP contribution in [0.4, 0.5) is 0 Å². The lowest BCUT2D eigenvalue weighted by Gasteiger charge is -2.16. The zero-order valence-corrected chi connectivity index (χ0v) is 12.2. The highest BCUT2D eigenvalue weighted by Gasteiger charge is 2.40. The molecule has 1 aromatic rings. The molecule has 1 heterocycles. The van der Waals surface area contributed by atoms with Crippen LogP contribution in [0.2, 0.25) is 0 Å². The van der Waals surface area contributed by atoms with Gasteiger partial charge in [0, 0.05) is 6.61 Å². The average molecular weight is 285 g/mol. The van der Waals surface area contributed by atoms with Crippen LogP contribution in [0.15, 0.2) is 30.3 Å². The van der Waals surface area contributed by atoms with E-state index in [1.807, 2.05) is 32.0 Å². The summed E-state index contributed by atoms with van der Waals surface area (Å²) in [5, 5.41) is 0. The van der Waals surface area contributed by atoms with E-state index < -0.39 is 5.79 Å². The van der Waals surface area contributed by atoms with Gasteiger partial charge in [0.25, 0.3) is 0 Å². The second-order valence-corrected chi connectivity index (χ2v) is 5.50. The lowest BCUT2D eigenvalue weighted by Crippen LogP contribution is -2.25. The third-order valence-corrected chi connectivity index (χ3v) is 3.40. The van der Waals surface area contributed by atoms with E-state index in [0.29, 0.717) is 19.1 Å². The standard InChI is InChI=1S/C15H21ClO3/c1-15(2)18-13(14(10-16)19-15)8-9-17-11-12-6-4-3-5-7-12/h3-7,13-14H,8-11H2,1-2H3/t13-,14-/m1/s1. The Labute approximate surface area is 119 Å². The molecule has 0 aliphatic carbocycles. The normalized spacial score (nSPS) is 25.6. The molecule has 2 atom stereocenters. The predicted molar refractivity (Wildman–Crippen MR) is 75.3 cm³/mol. The van der Waals surface area contributed by atoms with Crippen LogP contribution in [0.3, 0.4) is 0 Å². The quantitative estimate of drug-likeness (QED) is 0.592. The first-order valence-corrected chi connectivity index (χ1v) is 7.17. The third kappa shape index (κ3) is 4.46. The van der Waals surface area contributed by atoms with Crippen molar-refractivity contribution in [3.8, 4) is 0 Å². The highest BCUT2D eigenvalue weighted by molar-refractivity contribution is 6.18. The molecule has 0 unspecified atom stereocenters. The predicted octanol–water partition coefficient (Wildman–Crippen LogP) is 3.35. The molecule has 106 valence electrons. The Kier molecular flexibility index (Phi) is 5.22. The minimum Gasteiger partial charge on any atom is -0.377 e. The largest absolute Gasteiger partial charge is 0.377 e. The van der Waals surface area contributed by atoms with Crippen LogP contribution in [0.1, 0.15) is 25.8 Å². The van der Waals surface area contributed by atoms with Crippen molar-refractivity contribution in [1.82, 2.24) is 0 Å². The Morgan fingerprint density at radius 1 is 1.16 bits per heavy atom. The SMILES string of the molecule is CC1(C)O[C@H](CCl)[C@@H](CCOCc2ccccc2)O1. The molecule has 0 amide bonds. The Morgan fingerprint density at radius 2 is 1.84 bits per heavy atom. The highest BCUT2D eigenvalue weighted by Crippen LogP contribution is 2.30. The maximum Gasteiger partial charge on any atom is 0.163 e. The Morgan fingerprint density at radius 3 is 2.53 bits per heavy atom. The smallest absolute Gasteiger partial charge is 0.163 e. The number of hydrogen-bond donors (Lipinski definition) is 0. The summed E-state index contributed by atoms with van der Waals surface area (Å²) in [7, 11) is 0. The van der Waals surface area contributed by atoms with E-state index in [1.54, 1.807) is 0 Å². The van der Waals surface area contributed by atoms with Gasteiger partial charge < -0.3 is 14.2 Å². The molecule has 0 spiro atoms. The average Bonchev–Trinajstić information content (AvgIpc) is 2.70. The minimum absolute atomic E-state index is 0.0169. The van der Waals surface area contributed by atoms with Crippen molar-refractivity contribution >= 4 is 11.6 Å². The monoisotopic (exact) mass is 284 g/mol. The van der Waals surface area contributed by atoms with E-state index in [2.05, 4.69) is 12.1 Å². The molecule has 0 bridgehead atoms. The number of hydrogen-bond acceptors (Lipinski definition) is 3. The van der Waals surface area contributed by atoms with Gasteiger partial charge in [-0.25, -0.2) is 0 Å². The fourth-order valence-corrected chi connectivity index (χ4v) is 2.51. The second-order valence-electron chi connectivity index (χ2n) is 5.19. The lowest BCUT2D eigenvalue weighted by molar-refractivity contribution is -0.146. The molecule has 0 aromatic heterocycles. The summed E-state index contributed by atoms with van der Waals surface area (Å²) in [5.41, 5.74) is 1.18. The van der Waals surface area contributed by atoms with Crippen molar-refractivity contribution in [3.05, 3.63) is 35.9 Å². The van der Waals surface area contributed by atoms with E-state index in [9.17, 15) is 0 Å². The Hall–Kier alpha value is -0.610. The summed E-state index contributed by atoms with van der Waals surface area (Å²) in [4.78, 5) is 0. The van der Waals surface area contributed by atoms with Crippen molar-refractivity contribution < 1.29 is 14.2 Å². The third-order valence-electron chi connectivity index (χ3n) is 3.10. The van der Waals surface area contributed by atoms with Crippen LogP contribution < -0.4 is 0 Å². The number of ether oxygens (including phenoxy) is 3. The van der Waals surface area contributed by atoms with Gasteiger partial charge in [0.2, 0.25) is 0 Å². The first-order chi connectivity index (χ1) is 9.11. The van der Waals surface area contributed by atoms with Gasteiger partial charge in [-0.2, -0.15) is 0 Å². The number of benzene rings is 1. The Balaban J connectivity index is 1.71. The fraction of sp³-hybridized carbons (Fsp3) is 0.600. The van der Waals surface area contributed by atoms with Crippen molar-refractivity contribution in [1.29, 1.82) is 0 Å². The van der Waals surface area contributed by atoms with Crippen LogP contribution in [0, 0.1) is 0 Å². The maximum atomic E-state index is 5.89. The van der Waals surface area contributed by atoms with E-state index >= 15 is 0 Å². The summed E-state index contributed by atoms with van der Waals surface area (Å²) >= 11 is 5.89. The van der Waals surface area contributed by atoms with Gasteiger partial charge in [0.15, 0.2) is 5.79 Å². The molecule has 1 aromatic carbocycles. The highest BCUT2D eigenvalue weighted by atomic mass is 35.5. The molecular formula is C15H21ClO3. The van der Waals surface area contributed by atoms with Crippen LogP contribution in [-0.2, 0) is 20.8 Å². The summed E-state index contributed by atoms with van der Waals surface area (Å²) in [5.74, 6) is -0.0869. The molecule has 1 fully saturated rings. The number of rotatable bonds is 6. The van der Waals surface area contributed by atoms with Gasteiger partial charge in [-0.05, 0) is 25.8 Å². The summed E-state index contributed by atoms with van der Waals surface area (Å²) in [6.45, 7) is 5.10. The van der Waals surface area contributed by atoms with E-state index in [0.717, 1.165) is 6.42 Å². The lowest BCUT2D eigenvalue weighted by atomic mass is 10.2. The summed E-state index contributed by atoms with van der Waals surface area (Å²) in [6.07, 6.45) is 0.772. The van der Waals surface area contributed by atoms with Gasteiger partial charge in [-0.1, -0.05) is 30.3 Å². The first kappa shape index (κ1) is 14.8. The van der Waals surface area contributed by atoms with Crippen LogP contribution in [0.5, 0.6) is 0 Å². The number of alkyl halides is 1. The van der Waals surface area contributed by atoms with Crippen LogP contribution in [-0.4, -0.2) is 30.5 Å². The van der Waals surface area contributed by atoms with E-state index in [-0.39, 0.29) is 12.2 Å². The van der Waals surface area contributed by atoms with Gasteiger partial charge in [-0.15, -0.1) is 11.6 Å². The van der Waals surface area contributed by atoms with Gasteiger partial charge in [-0.3, -0.25) is 0 Å². The molecular weight excluding hydrogens is 264 g/mol. The van der Waals surface area contributed by atoms with Crippen molar-refractivity contribution in [2.45, 2.75) is 44.9 Å². The van der Waals surface area contributed by atoms with E-state index in [4.69, 9.17) is 25.8 Å². The molecule has 19 heavy (non-hydrogen) atoms. The fourth-order valence-electron chi connectivity index (χ4n) is 2.25. The van der Waals surface area contributed by atoms with Crippen molar-refractivity contribution in [2.24, 2.45) is 0 Å². The molecule has 1 aliphatic rings. The molecule has 0 N–H and O–H groups in total. The van der Waals surface area contributed by atoms with Gasteiger partial charge >= 0.3 is 0 Å². The van der Waals surface area contributed by atoms with Gasteiger partial charge in [0.05, 0.1) is 18.6 Å². The summed E-state index contributed by atoms with van der Waals surface area (Å²) in [6, 6.07) is 10.1. The van der Waals surface area contributed by atoms with Crippen molar-refractivity contribution in [3.63, 3.8) is 0 Å². The molecule has 1 aliphatic heterocycles. The van der Waals surface area contributed by atoms with Crippen LogP contribution in [0.25, 0.3) is 0 Å². The topological polar surface area (TPSA) is 27.7 Å². The number of halogens is 1. The van der Waals surface area contributed by atoms with Gasteiger partial charge in [0.1, 0.15) is 6.10 Å². The molecule has 2 rings (SSSR count). The molecule has 3 nitrogen and oxygen atoms in total. The molecule has 0 saturated carbocycles. The zero-order valence-electron chi connectivity index (χ0n) is 11.5. The van der Waals surface area contributed by atoms with E-state index in [1.165, 1.54) is 5.56 Å².